The largest absolute Gasteiger partial charge is 0.0654 e. The van der Waals surface area contributed by atoms with Gasteiger partial charge in [-0.05, 0) is 110 Å². The molecule has 172 valence electrons. The van der Waals surface area contributed by atoms with Gasteiger partial charge in [0, 0.05) is 0 Å². The second-order valence-corrected chi connectivity index (χ2v) is 9.73. The highest BCUT2D eigenvalue weighted by Gasteiger charge is 2.17. The van der Waals surface area contributed by atoms with Gasteiger partial charge in [0.1, 0.15) is 0 Å². The van der Waals surface area contributed by atoms with Gasteiger partial charge in [0.2, 0.25) is 0 Å². The second kappa shape index (κ2) is 10.3. The van der Waals surface area contributed by atoms with Crippen molar-refractivity contribution in [2.24, 2.45) is 0 Å². The molecule has 0 bridgehead atoms. The lowest BCUT2D eigenvalue weighted by atomic mass is 9.98. The van der Waals surface area contributed by atoms with Crippen molar-refractivity contribution >= 4 is 21.9 Å². The Morgan fingerprint density at radius 3 is 1.71 bits per heavy atom. The molecule has 0 heterocycles. The molecule has 4 aromatic carbocycles. The Hall–Kier alpha value is -3.38. The summed E-state index contributed by atoms with van der Waals surface area (Å²) in [4.78, 5) is 0. The van der Waals surface area contributed by atoms with Gasteiger partial charge in [0.15, 0.2) is 0 Å². The van der Waals surface area contributed by atoms with E-state index < -0.39 is 0 Å². The van der Waals surface area contributed by atoms with Crippen LogP contribution >= 0.6 is 0 Å². The van der Waals surface area contributed by atoms with E-state index in [1.54, 1.807) is 0 Å². The van der Waals surface area contributed by atoms with Crippen molar-refractivity contribution in [2.45, 2.75) is 54.4 Å². The van der Waals surface area contributed by atoms with Gasteiger partial charge in [0.25, 0.3) is 0 Å². The number of aryl methyl sites for hydroxylation is 2. The van der Waals surface area contributed by atoms with Crippen molar-refractivity contribution in [3.05, 3.63) is 129 Å². The van der Waals surface area contributed by atoms with Crippen LogP contribution in [-0.2, 0) is 12.8 Å². The van der Waals surface area contributed by atoms with Crippen molar-refractivity contribution in [3.63, 3.8) is 0 Å². The monoisotopic (exact) mass is 444 g/mol. The normalized spacial score (nSPS) is 13.7. The molecule has 0 atom stereocenters. The van der Waals surface area contributed by atoms with Crippen LogP contribution < -0.4 is 0 Å². The Balaban J connectivity index is 0.000000128. The lowest BCUT2D eigenvalue weighted by molar-refractivity contribution is 1.19. The lowest BCUT2D eigenvalue weighted by Crippen LogP contribution is -1.85. The van der Waals surface area contributed by atoms with E-state index in [1.165, 1.54) is 66.4 Å². The number of fused-ring (bicyclic) bond motifs is 4. The summed E-state index contributed by atoms with van der Waals surface area (Å²) in [6.45, 7) is 13.2. The van der Waals surface area contributed by atoms with Crippen LogP contribution in [0.2, 0.25) is 0 Å². The van der Waals surface area contributed by atoms with Gasteiger partial charge >= 0.3 is 0 Å². The molecule has 0 unspecified atom stereocenters. The van der Waals surface area contributed by atoms with E-state index in [4.69, 9.17) is 0 Å². The standard InChI is InChI=1S/C15H14.C11H12.C8H10/c1-10-9-13-8-7-12-5-3-4-6-14(12)15(13)11(10)2;1-8-7-10-5-3-4-6-11(10)9(8)2;1-7-5-3-4-6-8(7)2/h3-8H,9H2,1-2H3;3-6H,7H2,1-2H3;3-6H,1-2H3. The Bertz CT molecular complexity index is 1370. The predicted molar refractivity (Wildman–Crippen MR) is 150 cm³/mol. The molecule has 34 heavy (non-hydrogen) atoms. The first kappa shape index (κ1) is 23.8. The third-order valence-electron chi connectivity index (χ3n) is 7.43. The molecule has 2 aliphatic rings. The molecule has 0 saturated heterocycles. The SMILES string of the molecule is CC1=C(C)c2c(ccc3ccccc23)C1.CC1=C(C)c2ccccc2C1.Cc1ccccc1C. The Labute approximate surface area is 205 Å². The van der Waals surface area contributed by atoms with Gasteiger partial charge in [-0.3, -0.25) is 0 Å². The van der Waals surface area contributed by atoms with Gasteiger partial charge in [-0.1, -0.05) is 96.1 Å². The molecule has 0 fully saturated rings. The summed E-state index contributed by atoms with van der Waals surface area (Å²) < 4.78 is 0. The number of rotatable bonds is 0. The average molecular weight is 445 g/mol. The fourth-order valence-corrected chi connectivity index (χ4v) is 4.89. The van der Waals surface area contributed by atoms with Crippen molar-refractivity contribution in [2.75, 3.05) is 0 Å². The average Bonchev–Trinajstić information content (AvgIpc) is 3.31. The van der Waals surface area contributed by atoms with E-state index in [9.17, 15) is 0 Å². The predicted octanol–water partition coefficient (Wildman–Crippen LogP) is 9.53. The van der Waals surface area contributed by atoms with Crippen LogP contribution in [0.5, 0.6) is 0 Å². The minimum atomic E-state index is 1.13. The zero-order valence-electron chi connectivity index (χ0n) is 21.5. The van der Waals surface area contributed by atoms with Crippen LogP contribution in [0, 0.1) is 13.8 Å². The van der Waals surface area contributed by atoms with Gasteiger partial charge in [-0.25, -0.2) is 0 Å². The van der Waals surface area contributed by atoms with Crippen molar-refractivity contribution in [1.82, 2.24) is 0 Å². The molecule has 0 saturated carbocycles. The maximum absolute atomic E-state index is 2.28. The summed E-state index contributed by atoms with van der Waals surface area (Å²) in [7, 11) is 0. The highest BCUT2D eigenvalue weighted by molar-refractivity contribution is 5.97. The molecule has 0 heteroatoms. The minimum Gasteiger partial charge on any atom is -0.0654 e. The summed E-state index contributed by atoms with van der Waals surface area (Å²) in [5, 5.41) is 2.76. The van der Waals surface area contributed by atoms with Crippen LogP contribution in [-0.4, -0.2) is 0 Å². The summed E-state index contributed by atoms with van der Waals surface area (Å²) in [5.74, 6) is 0. The number of allylic oxidation sites excluding steroid dienone is 4. The fraction of sp³-hybridized carbons (Fsp3) is 0.235. The fourth-order valence-electron chi connectivity index (χ4n) is 4.89. The molecule has 0 N–H and O–H groups in total. The van der Waals surface area contributed by atoms with Crippen molar-refractivity contribution in [1.29, 1.82) is 0 Å². The Kier molecular flexibility index (Phi) is 7.17. The Morgan fingerprint density at radius 1 is 0.471 bits per heavy atom. The molecule has 0 radical (unpaired) electrons. The first-order valence-electron chi connectivity index (χ1n) is 12.3. The van der Waals surface area contributed by atoms with E-state index in [-0.39, 0.29) is 0 Å². The summed E-state index contributed by atoms with van der Waals surface area (Å²) in [5.41, 5.74) is 14.6. The molecule has 0 aliphatic heterocycles. The maximum atomic E-state index is 2.28. The van der Waals surface area contributed by atoms with Crippen molar-refractivity contribution in [3.8, 4) is 0 Å². The first-order chi connectivity index (χ1) is 16.4. The highest BCUT2D eigenvalue weighted by atomic mass is 14.2. The van der Waals surface area contributed by atoms with Gasteiger partial charge < -0.3 is 0 Å². The molecule has 0 amide bonds. The van der Waals surface area contributed by atoms with E-state index in [0.717, 1.165) is 12.8 Å². The second-order valence-electron chi connectivity index (χ2n) is 9.73. The topological polar surface area (TPSA) is 0 Å². The molecular formula is C34H36. The zero-order valence-corrected chi connectivity index (χ0v) is 21.5. The van der Waals surface area contributed by atoms with Crippen LogP contribution in [0.25, 0.3) is 21.9 Å². The van der Waals surface area contributed by atoms with Crippen LogP contribution in [0.15, 0.2) is 96.1 Å². The van der Waals surface area contributed by atoms with Crippen LogP contribution in [0.4, 0.5) is 0 Å². The summed E-state index contributed by atoms with van der Waals surface area (Å²) in [6, 6.07) is 30.2. The molecule has 4 aromatic rings. The molecule has 6 rings (SSSR count). The van der Waals surface area contributed by atoms with E-state index >= 15 is 0 Å². The Morgan fingerprint density at radius 2 is 1.03 bits per heavy atom. The minimum absolute atomic E-state index is 1.13. The number of hydrogen-bond acceptors (Lipinski definition) is 0. The summed E-state index contributed by atoms with van der Waals surface area (Å²) in [6.07, 6.45) is 2.29. The third kappa shape index (κ3) is 4.92. The summed E-state index contributed by atoms with van der Waals surface area (Å²) >= 11 is 0. The van der Waals surface area contributed by atoms with Gasteiger partial charge in [0.05, 0.1) is 0 Å². The van der Waals surface area contributed by atoms with E-state index in [0.29, 0.717) is 0 Å². The molecule has 2 aliphatic carbocycles. The van der Waals surface area contributed by atoms with Crippen LogP contribution in [0.1, 0.15) is 61.1 Å². The smallest absolute Gasteiger partial charge is 0.00577 e. The van der Waals surface area contributed by atoms with E-state index in [1.807, 2.05) is 0 Å². The molecule has 0 spiro atoms. The first-order valence-corrected chi connectivity index (χ1v) is 12.3. The molecular weight excluding hydrogens is 408 g/mol. The van der Waals surface area contributed by atoms with Crippen LogP contribution in [0.3, 0.4) is 0 Å². The quantitative estimate of drug-likeness (QED) is 0.253. The highest BCUT2D eigenvalue weighted by Crippen LogP contribution is 2.37. The molecule has 0 aromatic heterocycles. The number of benzene rings is 4. The van der Waals surface area contributed by atoms with E-state index in [2.05, 4.69) is 126 Å². The lowest BCUT2D eigenvalue weighted by Gasteiger charge is -2.06. The van der Waals surface area contributed by atoms with Gasteiger partial charge in [-0.15, -0.1) is 0 Å². The molecule has 0 nitrogen and oxygen atoms in total. The zero-order chi connectivity index (χ0) is 24.2. The third-order valence-corrected chi connectivity index (χ3v) is 7.43. The maximum Gasteiger partial charge on any atom is -0.00577 e. The number of hydrogen-bond donors (Lipinski definition) is 0. The van der Waals surface area contributed by atoms with Gasteiger partial charge in [-0.2, -0.15) is 0 Å². The van der Waals surface area contributed by atoms with Crippen molar-refractivity contribution < 1.29 is 0 Å².